The smallest absolute Gasteiger partial charge is 0.319 e. The van der Waals surface area contributed by atoms with Gasteiger partial charge in [0.15, 0.2) is 0 Å². The molecule has 3 heterocycles. The zero-order valence-corrected chi connectivity index (χ0v) is 12.5. The molecule has 3 aromatic heterocycles. The van der Waals surface area contributed by atoms with Gasteiger partial charge in [-0.25, -0.2) is 4.79 Å². The number of pyridine rings is 2. The molecule has 1 unspecified atom stereocenters. The molecule has 1 atom stereocenters. The van der Waals surface area contributed by atoms with Crippen LogP contribution >= 0.6 is 0 Å². The Kier molecular flexibility index (Phi) is 3.42. The van der Waals surface area contributed by atoms with Crippen LogP contribution in [-0.4, -0.2) is 27.0 Å². The molecule has 23 heavy (non-hydrogen) atoms. The molecule has 4 rings (SSSR count). The summed E-state index contributed by atoms with van der Waals surface area (Å²) in [6, 6.07) is 5.87. The van der Waals surface area contributed by atoms with Crippen LogP contribution < -0.4 is 10.6 Å². The zero-order chi connectivity index (χ0) is 15.6. The average molecular weight is 307 g/mol. The van der Waals surface area contributed by atoms with Crippen LogP contribution in [0.15, 0.2) is 43.0 Å². The molecule has 1 aliphatic carbocycles. The molecule has 0 spiro atoms. The Morgan fingerprint density at radius 3 is 3.22 bits per heavy atom. The third kappa shape index (κ3) is 2.75. The molecule has 116 valence electrons. The van der Waals surface area contributed by atoms with Crippen LogP contribution in [0, 0.1) is 0 Å². The molecule has 3 N–H and O–H groups in total. The number of H-pyrrole nitrogens is 1. The summed E-state index contributed by atoms with van der Waals surface area (Å²) in [5.74, 6) is 0. The first-order valence-corrected chi connectivity index (χ1v) is 7.71. The number of urea groups is 1. The van der Waals surface area contributed by atoms with Gasteiger partial charge >= 0.3 is 6.03 Å². The Morgan fingerprint density at radius 2 is 2.26 bits per heavy atom. The second-order valence-electron chi connectivity index (χ2n) is 5.77. The molecular formula is C17H17N5O. The van der Waals surface area contributed by atoms with E-state index in [9.17, 15) is 4.79 Å². The monoisotopic (exact) mass is 307 g/mol. The predicted octanol–water partition coefficient (Wildman–Crippen LogP) is 2.64. The highest BCUT2D eigenvalue weighted by molar-refractivity contribution is 6.00. The highest BCUT2D eigenvalue weighted by atomic mass is 16.2. The van der Waals surface area contributed by atoms with Crippen molar-refractivity contribution in [3.63, 3.8) is 0 Å². The summed E-state index contributed by atoms with van der Waals surface area (Å²) in [5, 5.41) is 6.83. The van der Waals surface area contributed by atoms with Gasteiger partial charge in [0.05, 0.1) is 11.2 Å². The minimum absolute atomic E-state index is 0.112. The van der Waals surface area contributed by atoms with E-state index in [-0.39, 0.29) is 12.1 Å². The number of aromatic amines is 1. The topological polar surface area (TPSA) is 82.7 Å². The SMILES string of the molecule is O=C(Nc1c[nH]c2ccncc12)NC1CCc2cccnc2C1. The van der Waals surface area contributed by atoms with Crippen LogP contribution in [0.25, 0.3) is 10.9 Å². The van der Waals surface area contributed by atoms with E-state index >= 15 is 0 Å². The van der Waals surface area contributed by atoms with Crippen molar-refractivity contribution < 1.29 is 4.79 Å². The number of fused-ring (bicyclic) bond motifs is 2. The van der Waals surface area contributed by atoms with Gasteiger partial charge in [-0.2, -0.15) is 0 Å². The fraction of sp³-hybridized carbons (Fsp3) is 0.235. The van der Waals surface area contributed by atoms with Crippen molar-refractivity contribution >= 4 is 22.6 Å². The first-order chi connectivity index (χ1) is 11.3. The van der Waals surface area contributed by atoms with Crippen LogP contribution in [0.2, 0.25) is 0 Å². The molecule has 0 saturated carbocycles. The summed E-state index contributed by atoms with van der Waals surface area (Å²) in [4.78, 5) is 23.9. The third-order valence-corrected chi connectivity index (χ3v) is 4.25. The largest absolute Gasteiger partial charge is 0.359 e. The highest BCUT2D eigenvalue weighted by Gasteiger charge is 2.21. The molecule has 6 nitrogen and oxygen atoms in total. The van der Waals surface area contributed by atoms with E-state index in [1.54, 1.807) is 24.8 Å². The molecule has 0 aliphatic heterocycles. The number of carbonyl (C=O) groups is 1. The molecule has 0 fully saturated rings. The van der Waals surface area contributed by atoms with Crippen LogP contribution in [0.4, 0.5) is 10.5 Å². The van der Waals surface area contributed by atoms with E-state index in [0.29, 0.717) is 0 Å². The maximum atomic E-state index is 12.3. The van der Waals surface area contributed by atoms with Crippen molar-refractivity contribution in [1.82, 2.24) is 20.3 Å². The van der Waals surface area contributed by atoms with Crippen molar-refractivity contribution in [3.8, 4) is 0 Å². The van der Waals surface area contributed by atoms with Crippen LogP contribution in [-0.2, 0) is 12.8 Å². The molecule has 2 amide bonds. The first-order valence-electron chi connectivity index (χ1n) is 7.71. The number of carbonyl (C=O) groups excluding carboxylic acids is 1. The third-order valence-electron chi connectivity index (χ3n) is 4.25. The number of anilines is 1. The summed E-state index contributed by atoms with van der Waals surface area (Å²) in [6.07, 6.45) is 9.70. The number of aromatic nitrogens is 3. The van der Waals surface area contributed by atoms with E-state index in [2.05, 4.69) is 31.7 Å². The van der Waals surface area contributed by atoms with E-state index in [1.165, 1.54) is 5.56 Å². The number of nitrogens with one attached hydrogen (secondary N) is 3. The van der Waals surface area contributed by atoms with Crippen molar-refractivity contribution in [2.45, 2.75) is 25.3 Å². The standard InChI is InChI=1S/C17H17N5O/c23-17(22-16-10-20-14-5-7-18-9-13(14)16)21-12-4-3-11-2-1-6-19-15(11)8-12/h1-2,5-7,9-10,12,20H,3-4,8H2,(H2,21,22,23). The predicted molar refractivity (Wildman–Crippen MR) is 88.3 cm³/mol. The van der Waals surface area contributed by atoms with Crippen LogP contribution in [0.1, 0.15) is 17.7 Å². The minimum Gasteiger partial charge on any atom is -0.359 e. The maximum absolute atomic E-state index is 12.3. The van der Waals surface area contributed by atoms with Crippen LogP contribution in [0.3, 0.4) is 0 Å². The molecule has 0 saturated heterocycles. The normalized spacial score (nSPS) is 16.8. The molecule has 6 heteroatoms. The lowest BCUT2D eigenvalue weighted by atomic mass is 9.92. The van der Waals surface area contributed by atoms with Crippen molar-refractivity contribution in [2.24, 2.45) is 0 Å². The average Bonchev–Trinajstić information content (AvgIpc) is 2.98. The van der Waals surface area contributed by atoms with Gasteiger partial charge in [0.2, 0.25) is 0 Å². The molecular weight excluding hydrogens is 290 g/mol. The molecule has 1 aliphatic rings. The summed E-state index contributed by atoms with van der Waals surface area (Å²) < 4.78 is 0. The number of aryl methyl sites for hydroxylation is 1. The minimum atomic E-state index is -0.195. The Balaban J connectivity index is 1.43. The quantitative estimate of drug-likeness (QED) is 0.680. The van der Waals surface area contributed by atoms with Gasteiger partial charge in [0, 0.05) is 48.3 Å². The van der Waals surface area contributed by atoms with Crippen molar-refractivity contribution in [3.05, 3.63) is 54.2 Å². The van der Waals surface area contributed by atoms with Gasteiger partial charge in [-0.05, 0) is 30.5 Å². The van der Waals surface area contributed by atoms with E-state index in [4.69, 9.17) is 0 Å². The van der Waals surface area contributed by atoms with Gasteiger partial charge in [-0.1, -0.05) is 6.07 Å². The molecule has 0 aromatic carbocycles. The summed E-state index contributed by atoms with van der Waals surface area (Å²) in [7, 11) is 0. The Hall–Kier alpha value is -2.89. The Bertz CT molecular complexity index is 857. The van der Waals surface area contributed by atoms with E-state index < -0.39 is 0 Å². The number of nitrogens with zero attached hydrogens (tertiary/aromatic N) is 2. The van der Waals surface area contributed by atoms with Gasteiger partial charge in [0.1, 0.15) is 0 Å². The fourth-order valence-electron chi connectivity index (χ4n) is 3.08. The lowest BCUT2D eigenvalue weighted by Crippen LogP contribution is -2.41. The Morgan fingerprint density at radius 1 is 1.30 bits per heavy atom. The summed E-state index contributed by atoms with van der Waals surface area (Å²) >= 11 is 0. The fourth-order valence-corrected chi connectivity index (χ4v) is 3.08. The number of amides is 2. The van der Waals surface area contributed by atoms with Crippen LogP contribution in [0.5, 0.6) is 0 Å². The lowest BCUT2D eigenvalue weighted by Gasteiger charge is -2.24. The van der Waals surface area contributed by atoms with Crippen molar-refractivity contribution in [1.29, 1.82) is 0 Å². The zero-order valence-electron chi connectivity index (χ0n) is 12.5. The Labute approximate surface area is 133 Å². The number of hydrogen-bond acceptors (Lipinski definition) is 3. The first kappa shape index (κ1) is 13.8. The summed E-state index contributed by atoms with van der Waals surface area (Å²) in [5.41, 5.74) is 4.06. The van der Waals surface area contributed by atoms with E-state index in [1.807, 2.05) is 12.1 Å². The lowest BCUT2D eigenvalue weighted by molar-refractivity contribution is 0.247. The van der Waals surface area contributed by atoms with Gasteiger partial charge in [-0.3, -0.25) is 9.97 Å². The van der Waals surface area contributed by atoms with Gasteiger partial charge in [-0.15, -0.1) is 0 Å². The second kappa shape index (κ2) is 5.72. The van der Waals surface area contributed by atoms with Gasteiger partial charge in [0.25, 0.3) is 0 Å². The second-order valence-corrected chi connectivity index (χ2v) is 5.77. The molecule has 0 radical (unpaired) electrons. The van der Waals surface area contributed by atoms with E-state index in [0.717, 1.165) is 41.5 Å². The van der Waals surface area contributed by atoms with Crippen molar-refractivity contribution in [2.75, 3.05) is 5.32 Å². The maximum Gasteiger partial charge on any atom is 0.319 e. The number of hydrogen-bond donors (Lipinski definition) is 3. The highest BCUT2D eigenvalue weighted by Crippen LogP contribution is 2.22. The number of rotatable bonds is 2. The molecule has 3 aromatic rings. The van der Waals surface area contributed by atoms with Gasteiger partial charge < -0.3 is 15.6 Å². The molecule has 0 bridgehead atoms. The summed E-state index contributed by atoms with van der Waals surface area (Å²) in [6.45, 7) is 0.